The van der Waals surface area contributed by atoms with E-state index >= 15 is 0 Å². The van der Waals surface area contributed by atoms with Crippen LogP contribution in [-0.2, 0) is 22.6 Å². The minimum Gasteiger partial charge on any atom is -0.346 e. The molecule has 3 rings (SSSR count). The molecule has 1 aromatic heterocycles. The number of carbonyl (C=O) groups excluding carboxylic acids is 2. The van der Waals surface area contributed by atoms with Crippen molar-refractivity contribution >= 4 is 17.5 Å². The van der Waals surface area contributed by atoms with Gasteiger partial charge in [0.2, 0.25) is 11.8 Å². The maximum absolute atomic E-state index is 11.7. The van der Waals surface area contributed by atoms with Crippen LogP contribution in [0.1, 0.15) is 18.7 Å². The van der Waals surface area contributed by atoms with Crippen molar-refractivity contribution in [1.29, 1.82) is 0 Å². The fraction of sp³-hybridized carbons (Fsp3) is 0.353. The highest BCUT2D eigenvalue weighted by molar-refractivity contribution is 5.94. The van der Waals surface area contributed by atoms with Gasteiger partial charge in [-0.15, -0.1) is 0 Å². The van der Waals surface area contributed by atoms with E-state index in [-0.39, 0.29) is 24.9 Å². The first-order valence-electron chi connectivity index (χ1n) is 8.09. The van der Waals surface area contributed by atoms with E-state index in [2.05, 4.69) is 26.4 Å². The Balaban J connectivity index is 1.62. The second kappa shape index (κ2) is 7.27. The highest BCUT2D eigenvalue weighted by Gasteiger charge is 2.13. The van der Waals surface area contributed by atoms with E-state index in [0.29, 0.717) is 5.69 Å². The lowest BCUT2D eigenvalue weighted by Gasteiger charge is -2.11. The van der Waals surface area contributed by atoms with Gasteiger partial charge in [0.05, 0.1) is 18.8 Å². The second-order valence-electron chi connectivity index (χ2n) is 5.80. The van der Waals surface area contributed by atoms with Crippen molar-refractivity contribution in [3.05, 3.63) is 36.3 Å². The van der Waals surface area contributed by atoms with Crippen molar-refractivity contribution in [2.45, 2.75) is 25.8 Å². The van der Waals surface area contributed by atoms with Gasteiger partial charge in [-0.05, 0) is 25.0 Å². The predicted molar refractivity (Wildman–Crippen MR) is 91.3 cm³/mol. The summed E-state index contributed by atoms with van der Waals surface area (Å²) in [7, 11) is 0. The van der Waals surface area contributed by atoms with Crippen LogP contribution in [0.25, 0.3) is 11.3 Å². The van der Waals surface area contributed by atoms with E-state index in [1.54, 1.807) is 0 Å². The van der Waals surface area contributed by atoms with E-state index in [4.69, 9.17) is 5.73 Å². The summed E-state index contributed by atoms with van der Waals surface area (Å²) in [5.74, 6) is 0.496. The highest BCUT2D eigenvalue weighted by Crippen LogP contribution is 2.23. The number of nitrogens with one attached hydrogen (secondary N) is 2. The Labute approximate surface area is 140 Å². The minimum absolute atomic E-state index is 0.0917. The maximum atomic E-state index is 11.7. The zero-order valence-electron chi connectivity index (χ0n) is 13.4. The second-order valence-corrected chi connectivity index (χ2v) is 5.80. The largest absolute Gasteiger partial charge is 0.346 e. The molecule has 0 aliphatic carbocycles. The topological polar surface area (TPSA) is 102 Å². The number of rotatable bonds is 5. The Morgan fingerprint density at radius 3 is 2.67 bits per heavy atom. The summed E-state index contributed by atoms with van der Waals surface area (Å²) >= 11 is 0. The van der Waals surface area contributed by atoms with Crippen molar-refractivity contribution in [1.82, 2.24) is 14.9 Å². The van der Waals surface area contributed by atoms with Crippen LogP contribution < -0.4 is 16.4 Å². The molecule has 4 N–H and O–H groups in total. The molecule has 0 atom stereocenters. The third kappa shape index (κ3) is 3.80. The number of hydrogen-bond acceptors (Lipinski definition) is 4. The Hall–Kier alpha value is -2.67. The molecule has 126 valence electrons. The van der Waals surface area contributed by atoms with Crippen molar-refractivity contribution in [2.24, 2.45) is 5.73 Å². The first kappa shape index (κ1) is 16.2. The first-order chi connectivity index (χ1) is 11.7. The summed E-state index contributed by atoms with van der Waals surface area (Å²) in [6.07, 6.45) is 5.52. The number of imidazole rings is 1. The zero-order valence-corrected chi connectivity index (χ0v) is 13.4. The van der Waals surface area contributed by atoms with E-state index < -0.39 is 0 Å². The molecule has 0 saturated carbocycles. The van der Waals surface area contributed by atoms with Crippen LogP contribution in [0, 0.1) is 0 Å². The Morgan fingerprint density at radius 1 is 1.17 bits per heavy atom. The average molecular weight is 327 g/mol. The number of anilines is 1. The Bertz CT molecular complexity index is 712. The third-order valence-electron chi connectivity index (χ3n) is 4.00. The van der Waals surface area contributed by atoms with Crippen molar-refractivity contribution in [3.63, 3.8) is 0 Å². The van der Waals surface area contributed by atoms with E-state index in [0.717, 1.165) is 30.0 Å². The molecular formula is C17H21N5O2. The SMILES string of the molecule is NCC(=O)NCC(=O)Nc1ccc(-c2cn3c(n2)CCCC3)cc1. The molecule has 0 spiro atoms. The van der Waals surface area contributed by atoms with E-state index in [1.165, 1.54) is 12.8 Å². The summed E-state index contributed by atoms with van der Waals surface area (Å²) in [4.78, 5) is 27.5. The molecule has 7 heteroatoms. The molecule has 7 nitrogen and oxygen atoms in total. The molecule has 0 saturated heterocycles. The van der Waals surface area contributed by atoms with Gasteiger partial charge in [-0.25, -0.2) is 4.98 Å². The van der Waals surface area contributed by atoms with Gasteiger partial charge in [0, 0.05) is 30.4 Å². The molecule has 0 bridgehead atoms. The van der Waals surface area contributed by atoms with Gasteiger partial charge < -0.3 is 20.9 Å². The van der Waals surface area contributed by atoms with Crippen LogP contribution in [0.4, 0.5) is 5.69 Å². The first-order valence-corrected chi connectivity index (χ1v) is 8.09. The lowest BCUT2D eigenvalue weighted by molar-refractivity contribution is -0.123. The maximum Gasteiger partial charge on any atom is 0.243 e. The van der Waals surface area contributed by atoms with Crippen LogP contribution in [0.3, 0.4) is 0 Å². The molecule has 1 aliphatic heterocycles. The molecule has 1 aromatic carbocycles. The van der Waals surface area contributed by atoms with Gasteiger partial charge in [0.1, 0.15) is 5.82 Å². The lowest BCUT2D eigenvalue weighted by atomic mass is 10.1. The molecule has 0 fully saturated rings. The molecular weight excluding hydrogens is 306 g/mol. The number of benzene rings is 1. The van der Waals surface area contributed by atoms with Crippen LogP contribution in [0.15, 0.2) is 30.5 Å². The Kier molecular flexibility index (Phi) is 4.90. The minimum atomic E-state index is -0.357. The number of aromatic nitrogens is 2. The van der Waals surface area contributed by atoms with Crippen LogP contribution in [-0.4, -0.2) is 34.5 Å². The van der Waals surface area contributed by atoms with E-state index in [1.807, 2.05) is 24.3 Å². The highest BCUT2D eigenvalue weighted by atomic mass is 16.2. The molecule has 1 aliphatic rings. The van der Waals surface area contributed by atoms with Gasteiger partial charge in [-0.2, -0.15) is 0 Å². The smallest absolute Gasteiger partial charge is 0.243 e. The number of fused-ring (bicyclic) bond motifs is 1. The van der Waals surface area contributed by atoms with Crippen molar-refractivity contribution in [3.8, 4) is 11.3 Å². The third-order valence-corrected chi connectivity index (χ3v) is 4.00. The predicted octanol–water partition coefficient (Wildman–Crippen LogP) is 0.900. The number of carbonyl (C=O) groups is 2. The van der Waals surface area contributed by atoms with Gasteiger partial charge in [-0.1, -0.05) is 12.1 Å². The van der Waals surface area contributed by atoms with E-state index in [9.17, 15) is 9.59 Å². The molecule has 24 heavy (non-hydrogen) atoms. The number of nitrogens with zero attached hydrogens (tertiary/aromatic N) is 2. The summed E-state index contributed by atoms with van der Waals surface area (Å²) in [5, 5.41) is 5.16. The molecule has 0 radical (unpaired) electrons. The number of nitrogens with two attached hydrogens (primary N) is 1. The van der Waals surface area contributed by atoms with Gasteiger partial charge in [-0.3, -0.25) is 9.59 Å². The lowest BCUT2D eigenvalue weighted by Crippen LogP contribution is -2.36. The normalized spacial score (nSPS) is 13.2. The molecule has 2 amide bonds. The quantitative estimate of drug-likeness (QED) is 0.759. The summed E-state index contributed by atoms with van der Waals surface area (Å²) in [6.45, 7) is 0.813. The fourth-order valence-electron chi connectivity index (χ4n) is 2.73. The van der Waals surface area contributed by atoms with Crippen molar-refractivity contribution in [2.75, 3.05) is 18.4 Å². The van der Waals surface area contributed by atoms with Gasteiger partial charge in [0.15, 0.2) is 0 Å². The Morgan fingerprint density at radius 2 is 1.96 bits per heavy atom. The monoisotopic (exact) mass is 327 g/mol. The molecule has 2 aromatic rings. The standard InChI is InChI=1S/C17H21N5O2/c18-9-16(23)19-10-17(24)20-13-6-4-12(5-7-13)14-11-22-8-2-1-3-15(22)21-14/h4-7,11H,1-3,8-10,18H2,(H,19,23)(H,20,24). The zero-order chi connectivity index (χ0) is 16.9. The summed E-state index contributed by atoms with van der Waals surface area (Å²) in [5.41, 5.74) is 7.82. The summed E-state index contributed by atoms with van der Waals surface area (Å²) in [6, 6.07) is 7.53. The fourth-order valence-corrected chi connectivity index (χ4v) is 2.73. The molecule has 2 heterocycles. The van der Waals surface area contributed by atoms with Crippen LogP contribution >= 0.6 is 0 Å². The molecule has 0 unspecified atom stereocenters. The van der Waals surface area contributed by atoms with Gasteiger partial charge in [0.25, 0.3) is 0 Å². The number of hydrogen-bond donors (Lipinski definition) is 3. The van der Waals surface area contributed by atoms with Crippen LogP contribution in [0.2, 0.25) is 0 Å². The van der Waals surface area contributed by atoms with Crippen molar-refractivity contribution < 1.29 is 9.59 Å². The summed E-state index contributed by atoms with van der Waals surface area (Å²) < 4.78 is 2.22. The van der Waals surface area contributed by atoms with Gasteiger partial charge >= 0.3 is 0 Å². The number of amides is 2. The average Bonchev–Trinajstić information content (AvgIpc) is 3.04. The number of aryl methyl sites for hydroxylation is 2. The van der Waals surface area contributed by atoms with Crippen LogP contribution in [0.5, 0.6) is 0 Å².